The van der Waals surface area contributed by atoms with Crippen LogP contribution in [0.4, 0.5) is 5.82 Å². The summed E-state index contributed by atoms with van der Waals surface area (Å²) in [4.78, 5) is 13.7. The van der Waals surface area contributed by atoms with E-state index in [1.54, 1.807) is 13.8 Å². The monoisotopic (exact) mass is 280 g/mol. The molecule has 2 N–H and O–H groups in total. The lowest BCUT2D eigenvalue weighted by Gasteiger charge is -2.24. The summed E-state index contributed by atoms with van der Waals surface area (Å²) in [5.41, 5.74) is 1.51. The summed E-state index contributed by atoms with van der Waals surface area (Å²) in [7, 11) is 0. The lowest BCUT2D eigenvalue weighted by Crippen LogP contribution is -2.35. The average Bonchev–Trinajstić information content (AvgIpc) is 2.40. The number of rotatable bonds is 7. The smallest absolute Gasteiger partial charge is 0.339 e. The average molecular weight is 280 g/mol. The Morgan fingerprint density at radius 2 is 1.90 bits per heavy atom. The van der Waals surface area contributed by atoms with Crippen molar-refractivity contribution in [3.8, 4) is 0 Å². The number of hydrogen-bond donors (Lipinski definition) is 2. The summed E-state index contributed by atoms with van der Waals surface area (Å²) in [6.07, 6.45) is 0. The second-order valence-corrected chi connectivity index (χ2v) is 4.97. The molecule has 0 amide bonds. The van der Waals surface area contributed by atoms with Crippen LogP contribution in [0.1, 0.15) is 42.4 Å². The summed E-state index contributed by atoms with van der Waals surface area (Å²) in [6.45, 7) is 12.5. The molecule has 112 valence electrons. The molecule has 6 heteroatoms. The number of hydrogen-bond acceptors (Lipinski definition) is 5. The Hall–Kier alpha value is -1.69. The summed E-state index contributed by atoms with van der Waals surface area (Å²) < 4.78 is 0. The van der Waals surface area contributed by atoms with Gasteiger partial charge in [0.15, 0.2) is 5.82 Å². The highest BCUT2D eigenvalue weighted by atomic mass is 16.4. The predicted octanol–water partition coefficient (Wildman–Crippen LogP) is 1.93. The van der Waals surface area contributed by atoms with E-state index in [9.17, 15) is 9.90 Å². The van der Waals surface area contributed by atoms with Gasteiger partial charge in [0.05, 0.1) is 5.69 Å². The van der Waals surface area contributed by atoms with Crippen molar-refractivity contribution in [1.29, 1.82) is 0 Å². The molecule has 1 unspecified atom stereocenters. The third-order valence-corrected chi connectivity index (χ3v) is 3.48. The lowest BCUT2D eigenvalue weighted by atomic mass is 10.1. The van der Waals surface area contributed by atoms with E-state index in [1.165, 1.54) is 0 Å². The quantitative estimate of drug-likeness (QED) is 0.794. The van der Waals surface area contributed by atoms with Crippen LogP contribution in [0.3, 0.4) is 0 Å². The molecule has 0 saturated carbocycles. The third kappa shape index (κ3) is 3.90. The van der Waals surface area contributed by atoms with Crippen molar-refractivity contribution in [1.82, 2.24) is 15.1 Å². The van der Waals surface area contributed by atoms with Crippen LogP contribution < -0.4 is 5.32 Å². The molecule has 0 radical (unpaired) electrons. The maximum atomic E-state index is 11.4. The highest BCUT2D eigenvalue weighted by Gasteiger charge is 2.19. The van der Waals surface area contributed by atoms with E-state index in [-0.39, 0.29) is 11.6 Å². The number of carboxylic acids is 1. The normalized spacial score (nSPS) is 12.5. The van der Waals surface area contributed by atoms with Crippen LogP contribution >= 0.6 is 0 Å². The van der Waals surface area contributed by atoms with Crippen LogP contribution in [0.2, 0.25) is 0 Å². The third-order valence-electron chi connectivity index (χ3n) is 3.48. The Kier molecular flexibility index (Phi) is 5.88. The molecule has 20 heavy (non-hydrogen) atoms. The molecular weight excluding hydrogens is 256 g/mol. The fourth-order valence-corrected chi connectivity index (χ4v) is 2.12. The summed E-state index contributed by atoms with van der Waals surface area (Å²) in [6, 6.07) is 0.101. The minimum absolute atomic E-state index is 0.101. The minimum Gasteiger partial charge on any atom is -0.478 e. The Balaban J connectivity index is 2.92. The predicted molar refractivity (Wildman–Crippen MR) is 79.3 cm³/mol. The summed E-state index contributed by atoms with van der Waals surface area (Å²) in [5, 5.41) is 20.5. The highest BCUT2D eigenvalue weighted by Crippen LogP contribution is 2.19. The Morgan fingerprint density at radius 3 is 2.40 bits per heavy atom. The first-order valence-corrected chi connectivity index (χ1v) is 6.96. The van der Waals surface area contributed by atoms with Crippen molar-refractivity contribution in [3.05, 3.63) is 16.8 Å². The van der Waals surface area contributed by atoms with Crippen LogP contribution in [-0.2, 0) is 0 Å². The second kappa shape index (κ2) is 7.19. The zero-order valence-electron chi connectivity index (χ0n) is 12.9. The zero-order chi connectivity index (χ0) is 15.3. The number of nitrogens with one attached hydrogen (secondary N) is 1. The molecule has 0 aliphatic carbocycles. The van der Waals surface area contributed by atoms with Gasteiger partial charge in [-0.15, -0.1) is 5.10 Å². The first kappa shape index (κ1) is 16.4. The molecule has 1 heterocycles. The van der Waals surface area contributed by atoms with Gasteiger partial charge in [-0.3, -0.25) is 0 Å². The van der Waals surface area contributed by atoms with Gasteiger partial charge in [0.2, 0.25) is 0 Å². The molecular formula is C14H24N4O2. The molecule has 6 nitrogen and oxygen atoms in total. The Morgan fingerprint density at radius 1 is 1.30 bits per heavy atom. The summed E-state index contributed by atoms with van der Waals surface area (Å²) in [5.74, 6) is -0.627. The number of nitrogens with zero attached hydrogens (tertiary/aromatic N) is 3. The maximum absolute atomic E-state index is 11.4. The van der Waals surface area contributed by atoms with E-state index in [2.05, 4.69) is 34.3 Å². The number of anilines is 1. The van der Waals surface area contributed by atoms with Gasteiger partial charge in [0.1, 0.15) is 5.56 Å². The van der Waals surface area contributed by atoms with Gasteiger partial charge in [-0.05, 0) is 39.4 Å². The first-order chi connectivity index (χ1) is 9.40. The number of aromatic carboxylic acids is 1. The second-order valence-electron chi connectivity index (χ2n) is 4.97. The Bertz CT molecular complexity index is 472. The fourth-order valence-electron chi connectivity index (χ4n) is 2.12. The molecule has 0 aromatic carbocycles. The van der Waals surface area contributed by atoms with E-state index in [0.29, 0.717) is 17.1 Å². The molecule has 0 saturated heterocycles. The van der Waals surface area contributed by atoms with E-state index < -0.39 is 5.97 Å². The lowest BCUT2D eigenvalue weighted by molar-refractivity contribution is 0.0696. The van der Waals surface area contributed by atoms with Crippen LogP contribution in [-0.4, -0.2) is 51.8 Å². The van der Waals surface area contributed by atoms with E-state index in [0.717, 1.165) is 19.6 Å². The van der Waals surface area contributed by atoms with Crippen molar-refractivity contribution in [2.45, 2.75) is 40.7 Å². The molecule has 0 spiro atoms. The standard InChI is InChI=1S/C14H24N4O2/c1-6-18(7-2)8-9(3)15-13-12(14(19)20)10(4)11(5)16-17-13/h9H,6-8H2,1-5H3,(H,15,17)(H,19,20). The molecule has 1 rings (SSSR count). The van der Waals surface area contributed by atoms with E-state index in [1.807, 2.05) is 6.92 Å². The van der Waals surface area contributed by atoms with Crippen molar-refractivity contribution >= 4 is 11.8 Å². The van der Waals surface area contributed by atoms with Gasteiger partial charge >= 0.3 is 5.97 Å². The number of aryl methyl sites for hydroxylation is 1. The largest absolute Gasteiger partial charge is 0.478 e. The highest BCUT2D eigenvalue weighted by molar-refractivity contribution is 5.94. The van der Waals surface area contributed by atoms with Crippen molar-refractivity contribution in [2.75, 3.05) is 25.0 Å². The van der Waals surface area contributed by atoms with Crippen molar-refractivity contribution in [3.63, 3.8) is 0 Å². The first-order valence-electron chi connectivity index (χ1n) is 6.96. The molecule has 1 aromatic rings. The SMILES string of the molecule is CCN(CC)CC(C)Nc1nnc(C)c(C)c1C(=O)O. The van der Waals surface area contributed by atoms with Crippen LogP contribution in [0.15, 0.2) is 0 Å². The van der Waals surface area contributed by atoms with Gasteiger partial charge in [-0.2, -0.15) is 5.10 Å². The zero-order valence-corrected chi connectivity index (χ0v) is 12.9. The number of carbonyl (C=O) groups is 1. The van der Waals surface area contributed by atoms with E-state index >= 15 is 0 Å². The topological polar surface area (TPSA) is 78.3 Å². The molecule has 0 aliphatic heterocycles. The fraction of sp³-hybridized carbons (Fsp3) is 0.643. The molecule has 0 bridgehead atoms. The maximum Gasteiger partial charge on any atom is 0.339 e. The van der Waals surface area contributed by atoms with Gasteiger partial charge in [-0.1, -0.05) is 13.8 Å². The number of aromatic nitrogens is 2. The molecule has 0 fully saturated rings. The van der Waals surface area contributed by atoms with Gasteiger partial charge in [0, 0.05) is 12.6 Å². The van der Waals surface area contributed by atoms with Gasteiger partial charge in [0.25, 0.3) is 0 Å². The molecule has 1 aromatic heterocycles. The molecule has 0 aliphatic rings. The number of likely N-dealkylation sites (N-methyl/N-ethyl adjacent to an activating group) is 1. The van der Waals surface area contributed by atoms with Crippen LogP contribution in [0.5, 0.6) is 0 Å². The molecule has 1 atom stereocenters. The van der Waals surface area contributed by atoms with Crippen molar-refractivity contribution < 1.29 is 9.90 Å². The van der Waals surface area contributed by atoms with Crippen LogP contribution in [0.25, 0.3) is 0 Å². The van der Waals surface area contributed by atoms with E-state index in [4.69, 9.17) is 0 Å². The van der Waals surface area contributed by atoms with Crippen molar-refractivity contribution in [2.24, 2.45) is 0 Å². The number of carboxylic acid groups (broad SMARTS) is 1. The van der Waals surface area contributed by atoms with Crippen LogP contribution in [0, 0.1) is 13.8 Å². The van der Waals surface area contributed by atoms with Gasteiger partial charge in [-0.25, -0.2) is 4.79 Å². The Labute approximate surface area is 120 Å². The van der Waals surface area contributed by atoms with Gasteiger partial charge < -0.3 is 15.3 Å². The minimum atomic E-state index is -0.974. The summed E-state index contributed by atoms with van der Waals surface area (Å²) >= 11 is 0.